The van der Waals surface area contributed by atoms with Gasteiger partial charge in [-0.25, -0.2) is 13.1 Å². The number of hydrogen-bond donors (Lipinski definition) is 2. The molecule has 0 bridgehead atoms. The lowest BCUT2D eigenvalue weighted by atomic mass is 10.2. The van der Waals surface area contributed by atoms with E-state index in [-0.39, 0.29) is 11.4 Å². The van der Waals surface area contributed by atoms with Crippen molar-refractivity contribution in [2.24, 2.45) is 0 Å². The molecule has 0 amide bonds. The molecule has 1 heterocycles. The summed E-state index contributed by atoms with van der Waals surface area (Å²) in [7, 11) is -3.51. The van der Waals surface area contributed by atoms with Crippen LogP contribution in [0.5, 0.6) is 0 Å². The van der Waals surface area contributed by atoms with Crippen LogP contribution in [-0.2, 0) is 16.6 Å². The molecule has 1 aromatic heterocycles. The summed E-state index contributed by atoms with van der Waals surface area (Å²) in [6, 6.07) is 8.56. The van der Waals surface area contributed by atoms with Crippen molar-refractivity contribution < 1.29 is 8.42 Å². The van der Waals surface area contributed by atoms with Crippen molar-refractivity contribution in [2.45, 2.75) is 25.3 Å². The number of benzene rings is 1. The molecule has 0 atom stereocenters. The number of hydrogen-bond acceptors (Lipinski definition) is 4. The fourth-order valence-electron chi connectivity index (χ4n) is 1.89. The predicted octanol–water partition coefficient (Wildman–Crippen LogP) is 2.30. The van der Waals surface area contributed by atoms with Gasteiger partial charge >= 0.3 is 0 Å². The third kappa shape index (κ3) is 4.03. The lowest BCUT2D eigenvalue weighted by molar-refractivity contribution is 0.581. The van der Waals surface area contributed by atoms with E-state index in [4.69, 9.17) is 0 Å². The topological polar surface area (TPSA) is 71.1 Å². The molecule has 0 saturated heterocycles. The van der Waals surface area contributed by atoms with E-state index >= 15 is 0 Å². The molecule has 1 aromatic carbocycles. The Kier molecular flexibility index (Phi) is 4.93. The van der Waals surface area contributed by atoms with Gasteiger partial charge in [0, 0.05) is 31.2 Å². The van der Waals surface area contributed by atoms with Gasteiger partial charge in [0.05, 0.1) is 4.90 Å². The summed E-state index contributed by atoms with van der Waals surface area (Å²) in [5, 5.41) is 3.13. The number of aryl methyl sites for hydroxylation is 1. The second kappa shape index (κ2) is 6.69. The number of aromatic nitrogens is 1. The van der Waals surface area contributed by atoms with Crippen molar-refractivity contribution in [3.8, 4) is 0 Å². The first kappa shape index (κ1) is 15.5. The van der Waals surface area contributed by atoms with Crippen LogP contribution in [0.25, 0.3) is 0 Å². The molecule has 0 aliphatic rings. The molecule has 21 heavy (non-hydrogen) atoms. The Morgan fingerprint density at radius 3 is 2.48 bits per heavy atom. The monoisotopic (exact) mass is 305 g/mol. The van der Waals surface area contributed by atoms with Crippen LogP contribution in [0.1, 0.15) is 18.1 Å². The van der Waals surface area contributed by atoms with Gasteiger partial charge < -0.3 is 5.32 Å². The number of sulfonamides is 1. The average Bonchev–Trinajstić information content (AvgIpc) is 2.47. The van der Waals surface area contributed by atoms with Crippen molar-refractivity contribution in [2.75, 3.05) is 11.9 Å². The summed E-state index contributed by atoms with van der Waals surface area (Å²) < 4.78 is 27.1. The zero-order valence-electron chi connectivity index (χ0n) is 12.1. The summed E-state index contributed by atoms with van der Waals surface area (Å²) in [5.41, 5.74) is 2.78. The Bertz CT molecular complexity index is 697. The molecule has 0 aliphatic carbocycles. The highest BCUT2D eigenvalue weighted by molar-refractivity contribution is 7.89. The van der Waals surface area contributed by atoms with Gasteiger partial charge in [-0.05, 0) is 55.3 Å². The molecule has 0 unspecified atom stereocenters. The van der Waals surface area contributed by atoms with Crippen LogP contribution in [0.2, 0.25) is 0 Å². The molecule has 2 rings (SSSR count). The second-order valence-electron chi connectivity index (χ2n) is 4.68. The van der Waals surface area contributed by atoms with Crippen LogP contribution in [0.15, 0.2) is 47.6 Å². The van der Waals surface area contributed by atoms with Gasteiger partial charge in [-0.15, -0.1) is 0 Å². The lowest BCUT2D eigenvalue weighted by Crippen LogP contribution is -2.23. The molecule has 0 radical (unpaired) electrons. The maximum atomic E-state index is 12.2. The highest BCUT2D eigenvalue weighted by atomic mass is 32.2. The Morgan fingerprint density at radius 1 is 1.14 bits per heavy atom. The van der Waals surface area contributed by atoms with E-state index in [9.17, 15) is 8.42 Å². The molecule has 0 aliphatic heterocycles. The minimum absolute atomic E-state index is 0.233. The maximum Gasteiger partial charge on any atom is 0.240 e. The molecular formula is C15H19N3O2S. The van der Waals surface area contributed by atoms with Gasteiger partial charge in [-0.1, -0.05) is 0 Å². The Labute approximate surface area is 125 Å². The Hall–Kier alpha value is -1.92. The van der Waals surface area contributed by atoms with Crippen molar-refractivity contribution in [3.05, 3.63) is 53.9 Å². The summed E-state index contributed by atoms with van der Waals surface area (Å²) in [6.45, 7) is 4.95. The van der Waals surface area contributed by atoms with Crippen LogP contribution in [0.4, 0.5) is 5.69 Å². The van der Waals surface area contributed by atoms with E-state index in [0.29, 0.717) is 0 Å². The van der Waals surface area contributed by atoms with Gasteiger partial charge in [-0.2, -0.15) is 0 Å². The molecule has 0 spiro atoms. The van der Waals surface area contributed by atoms with E-state index in [1.54, 1.807) is 36.7 Å². The summed E-state index contributed by atoms with van der Waals surface area (Å²) in [6.07, 6.45) is 3.36. The molecule has 0 saturated carbocycles. The van der Waals surface area contributed by atoms with Gasteiger partial charge in [0.1, 0.15) is 0 Å². The quantitative estimate of drug-likeness (QED) is 0.859. The number of nitrogens with zero attached hydrogens (tertiary/aromatic N) is 1. The highest BCUT2D eigenvalue weighted by Gasteiger charge is 2.13. The van der Waals surface area contributed by atoms with Crippen LogP contribution < -0.4 is 10.0 Å². The maximum absolute atomic E-state index is 12.2. The fourth-order valence-corrected chi connectivity index (χ4v) is 2.90. The van der Waals surface area contributed by atoms with Gasteiger partial charge in [0.25, 0.3) is 0 Å². The van der Waals surface area contributed by atoms with Gasteiger partial charge in [0.2, 0.25) is 10.0 Å². The molecular weight excluding hydrogens is 286 g/mol. The van der Waals surface area contributed by atoms with Crippen LogP contribution in [-0.4, -0.2) is 19.9 Å². The summed E-state index contributed by atoms with van der Waals surface area (Å²) in [4.78, 5) is 4.26. The Morgan fingerprint density at radius 2 is 1.86 bits per heavy atom. The lowest BCUT2D eigenvalue weighted by Gasteiger charge is -2.09. The highest BCUT2D eigenvalue weighted by Crippen LogP contribution is 2.14. The smallest absolute Gasteiger partial charge is 0.240 e. The normalized spacial score (nSPS) is 11.3. The largest absolute Gasteiger partial charge is 0.385 e. The standard InChI is InChI=1S/C15H19N3O2S/c1-3-17-14-4-6-15(7-5-14)21(19,20)18-11-13-10-16-9-8-12(13)2/h4-10,17-18H,3,11H2,1-2H3. The van der Waals surface area contributed by atoms with Crippen LogP contribution in [0.3, 0.4) is 0 Å². The van der Waals surface area contributed by atoms with Gasteiger partial charge in [0.15, 0.2) is 0 Å². The van der Waals surface area contributed by atoms with E-state index in [2.05, 4.69) is 15.0 Å². The second-order valence-corrected chi connectivity index (χ2v) is 6.45. The van der Waals surface area contributed by atoms with Crippen molar-refractivity contribution in [1.82, 2.24) is 9.71 Å². The number of nitrogens with one attached hydrogen (secondary N) is 2. The average molecular weight is 305 g/mol. The number of anilines is 1. The minimum atomic E-state index is -3.51. The SMILES string of the molecule is CCNc1ccc(S(=O)(=O)NCc2cnccc2C)cc1. The first-order valence-electron chi connectivity index (χ1n) is 6.76. The van der Waals surface area contributed by atoms with Gasteiger partial charge in [-0.3, -0.25) is 4.98 Å². The fraction of sp³-hybridized carbons (Fsp3) is 0.267. The minimum Gasteiger partial charge on any atom is -0.385 e. The molecule has 112 valence electrons. The van der Waals surface area contributed by atoms with E-state index in [0.717, 1.165) is 23.4 Å². The van der Waals surface area contributed by atoms with E-state index in [1.807, 2.05) is 19.9 Å². The molecule has 2 N–H and O–H groups in total. The van der Waals surface area contributed by atoms with E-state index < -0.39 is 10.0 Å². The summed E-state index contributed by atoms with van der Waals surface area (Å²) >= 11 is 0. The number of pyridine rings is 1. The molecule has 2 aromatic rings. The van der Waals surface area contributed by atoms with E-state index in [1.165, 1.54) is 0 Å². The van der Waals surface area contributed by atoms with Crippen molar-refractivity contribution in [3.63, 3.8) is 0 Å². The zero-order valence-corrected chi connectivity index (χ0v) is 12.9. The summed E-state index contributed by atoms with van der Waals surface area (Å²) in [5.74, 6) is 0. The Balaban J connectivity index is 2.09. The molecule has 0 fully saturated rings. The third-order valence-electron chi connectivity index (χ3n) is 3.15. The van der Waals surface area contributed by atoms with Crippen molar-refractivity contribution in [1.29, 1.82) is 0 Å². The zero-order chi connectivity index (χ0) is 15.3. The first-order chi connectivity index (χ1) is 10.0. The number of rotatable bonds is 6. The van der Waals surface area contributed by atoms with Crippen molar-refractivity contribution >= 4 is 15.7 Å². The van der Waals surface area contributed by atoms with Crippen LogP contribution >= 0.6 is 0 Å². The molecule has 5 nitrogen and oxygen atoms in total. The third-order valence-corrected chi connectivity index (χ3v) is 4.56. The predicted molar refractivity (Wildman–Crippen MR) is 83.6 cm³/mol. The first-order valence-corrected chi connectivity index (χ1v) is 8.24. The molecule has 6 heteroatoms. The van der Waals surface area contributed by atoms with Crippen LogP contribution in [0, 0.1) is 6.92 Å².